The van der Waals surface area contributed by atoms with E-state index < -0.39 is 0 Å². The highest BCUT2D eigenvalue weighted by molar-refractivity contribution is 7.11. The molecule has 1 saturated carbocycles. The SMILES string of the molecule is O=c1ccc(-c2ccncc2)nn1CC1CCN(Cc2nnc(C3CC3)s2)CC1. The van der Waals surface area contributed by atoms with Crippen LogP contribution in [0, 0.1) is 5.92 Å². The summed E-state index contributed by atoms with van der Waals surface area (Å²) in [6.07, 6.45) is 8.18. The number of rotatable bonds is 6. The first kappa shape index (κ1) is 18.6. The van der Waals surface area contributed by atoms with Gasteiger partial charge in [-0.3, -0.25) is 14.7 Å². The number of piperidine rings is 1. The molecule has 0 radical (unpaired) electrons. The standard InChI is InChI=1S/C21H24N6OS/c28-20-4-3-18(16-5-9-22-10-6-16)25-27(20)13-15-7-11-26(12-8-15)14-19-23-24-21(29-19)17-1-2-17/h3-6,9-10,15,17H,1-2,7-8,11-14H2. The van der Waals surface area contributed by atoms with Gasteiger partial charge < -0.3 is 0 Å². The van der Waals surface area contributed by atoms with E-state index in [4.69, 9.17) is 0 Å². The van der Waals surface area contributed by atoms with Gasteiger partial charge in [-0.05, 0) is 62.9 Å². The first-order valence-corrected chi connectivity index (χ1v) is 11.1. The smallest absolute Gasteiger partial charge is 0.266 e. The van der Waals surface area contributed by atoms with Crippen molar-refractivity contribution >= 4 is 11.3 Å². The molecule has 3 aromatic heterocycles. The van der Waals surface area contributed by atoms with Gasteiger partial charge in [-0.25, -0.2) is 4.68 Å². The third kappa shape index (κ3) is 4.43. The molecule has 29 heavy (non-hydrogen) atoms. The van der Waals surface area contributed by atoms with Crippen molar-refractivity contribution in [3.05, 3.63) is 57.0 Å². The number of likely N-dealkylation sites (tertiary alicyclic amines) is 1. The third-order valence-corrected chi connectivity index (χ3v) is 6.82. The number of aromatic nitrogens is 5. The number of nitrogens with zero attached hydrogens (tertiary/aromatic N) is 6. The Morgan fingerprint density at radius 1 is 1.00 bits per heavy atom. The van der Waals surface area contributed by atoms with Gasteiger partial charge in [0.25, 0.3) is 5.56 Å². The Bertz CT molecular complexity index is 1020. The molecule has 4 heterocycles. The van der Waals surface area contributed by atoms with Gasteiger partial charge in [-0.15, -0.1) is 10.2 Å². The highest BCUT2D eigenvalue weighted by Crippen LogP contribution is 2.41. The lowest BCUT2D eigenvalue weighted by molar-refractivity contribution is 0.163. The molecule has 0 aromatic carbocycles. The summed E-state index contributed by atoms with van der Waals surface area (Å²) in [6, 6.07) is 7.23. The molecule has 7 nitrogen and oxygen atoms in total. The van der Waals surface area contributed by atoms with Crippen LogP contribution in [0.1, 0.15) is 41.6 Å². The first-order valence-electron chi connectivity index (χ1n) is 10.3. The van der Waals surface area contributed by atoms with Crippen molar-refractivity contribution in [3.63, 3.8) is 0 Å². The fraction of sp³-hybridized carbons (Fsp3) is 0.476. The Morgan fingerprint density at radius 3 is 2.55 bits per heavy atom. The molecule has 3 aromatic rings. The lowest BCUT2D eigenvalue weighted by atomic mass is 9.97. The Kier molecular flexibility index (Phi) is 5.20. The minimum Gasteiger partial charge on any atom is -0.297 e. The minimum atomic E-state index is -0.0355. The number of hydrogen-bond acceptors (Lipinski definition) is 7. The van der Waals surface area contributed by atoms with E-state index in [0.717, 1.165) is 48.7 Å². The summed E-state index contributed by atoms with van der Waals surface area (Å²) in [7, 11) is 0. The summed E-state index contributed by atoms with van der Waals surface area (Å²) >= 11 is 1.78. The van der Waals surface area contributed by atoms with Crippen LogP contribution >= 0.6 is 11.3 Å². The van der Waals surface area contributed by atoms with E-state index in [-0.39, 0.29) is 5.56 Å². The van der Waals surface area contributed by atoms with Crippen molar-refractivity contribution in [1.82, 2.24) is 29.9 Å². The zero-order valence-electron chi connectivity index (χ0n) is 16.3. The quantitative estimate of drug-likeness (QED) is 0.624. The maximum Gasteiger partial charge on any atom is 0.266 e. The molecule has 1 saturated heterocycles. The van der Waals surface area contributed by atoms with Crippen LogP contribution < -0.4 is 5.56 Å². The average Bonchev–Trinajstić information content (AvgIpc) is 3.51. The molecule has 1 aliphatic heterocycles. The summed E-state index contributed by atoms with van der Waals surface area (Å²) in [5.74, 6) is 1.15. The normalized spacial score (nSPS) is 18.2. The van der Waals surface area contributed by atoms with E-state index >= 15 is 0 Å². The molecule has 8 heteroatoms. The Hall–Kier alpha value is -2.45. The second-order valence-corrected chi connectivity index (χ2v) is 9.10. The fourth-order valence-electron chi connectivity index (χ4n) is 3.85. The van der Waals surface area contributed by atoms with Crippen molar-refractivity contribution in [3.8, 4) is 11.3 Å². The first-order chi connectivity index (χ1) is 14.2. The lowest BCUT2D eigenvalue weighted by Crippen LogP contribution is -2.36. The van der Waals surface area contributed by atoms with Crippen LogP contribution in [0.3, 0.4) is 0 Å². The Labute approximate surface area is 173 Å². The van der Waals surface area contributed by atoms with Gasteiger partial charge in [0.15, 0.2) is 0 Å². The molecule has 0 unspecified atom stereocenters. The van der Waals surface area contributed by atoms with E-state index in [2.05, 4.69) is 25.2 Å². The monoisotopic (exact) mass is 408 g/mol. The van der Waals surface area contributed by atoms with Crippen molar-refractivity contribution in [1.29, 1.82) is 0 Å². The second kappa shape index (κ2) is 8.12. The average molecular weight is 409 g/mol. The summed E-state index contributed by atoms with van der Waals surface area (Å²) in [6.45, 7) is 3.63. The minimum absolute atomic E-state index is 0.0355. The van der Waals surface area contributed by atoms with Crippen LogP contribution in [-0.2, 0) is 13.1 Å². The molecule has 0 amide bonds. The number of pyridine rings is 1. The highest BCUT2D eigenvalue weighted by Gasteiger charge is 2.28. The molecule has 0 bridgehead atoms. The Morgan fingerprint density at radius 2 is 1.79 bits per heavy atom. The maximum absolute atomic E-state index is 12.3. The van der Waals surface area contributed by atoms with E-state index in [9.17, 15) is 4.79 Å². The molecule has 0 spiro atoms. The van der Waals surface area contributed by atoms with Crippen LogP contribution in [0.2, 0.25) is 0 Å². The predicted molar refractivity (Wildman–Crippen MR) is 112 cm³/mol. The molecule has 150 valence electrons. The maximum atomic E-state index is 12.3. The van der Waals surface area contributed by atoms with Crippen molar-refractivity contribution < 1.29 is 0 Å². The van der Waals surface area contributed by atoms with Crippen LogP contribution in [0.4, 0.5) is 0 Å². The molecule has 2 fully saturated rings. The topological polar surface area (TPSA) is 76.8 Å². The van der Waals surface area contributed by atoms with Gasteiger partial charge in [0.05, 0.1) is 12.2 Å². The summed E-state index contributed by atoms with van der Waals surface area (Å²) < 4.78 is 1.63. The zero-order valence-corrected chi connectivity index (χ0v) is 17.1. The van der Waals surface area contributed by atoms with Crippen molar-refractivity contribution in [2.75, 3.05) is 13.1 Å². The van der Waals surface area contributed by atoms with Gasteiger partial charge in [-0.1, -0.05) is 11.3 Å². The van der Waals surface area contributed by atoms with Gasteiger partial charge >= 0.3 is 0 Å². The largest absolute Gasteiger partial charge is 0.297 e. The van der Waals surface area contributed by atoms with E-state index in [0.29, 0.717) is 18.4 Å². The lowest BCUT2D eigenvalue weighted by Gasteiger charge is -2.31. The molecule has 2 aliphatic rings. The summed E-state index contributed by atoms with van der Waals surface area (Å²) in [5, 5.41) is 15.7. The molecule has 5 rings (SSSR count). The van der Waals surface area contributed by atoms with Crippen LogP contribution in [0.15, 0.2) is 41.5 Å². The van der Waals surface area contributed by atoms with Gasteiger partial charge in [-0.2, -0.15) is 5.10 Å². The molecular weight excluding hydrogens is 384 g/mol. The van der Waals surface area contributed by atoms with E-state index in [1.807, 2.05) is 12.1 Å². The number of hydrogen-bond donors (Lipinski definition) is 0. The highest BCUT2D eigenvalue weighted by atomic mass is 32.1. The summed E-state index contributed by atoms with van der Waals surface area (Å²) in [5.41, 5.74) is 1.75. The van der Waals surface area contributed by atoms with Gasteiger partial charge in [0.1, 0.15) is 10.0 Å². The molecule has 1 aliphatic carbocycles. The van der Waals surface area contributed by atoms with Gasteiger partial charge in [0.2, 0.25) is 0 Å². The fourth-order valence-corrected chi connectivity index (χ4v) is 4.90. The predicted octanol–water partition coefficient (Wildman–Crippen LogP) is 2.95. The molecule has 0 N–H and O–H groups in total. The summed E-state index contributed by atoms with van der Waals surface area (Å²) in [4.78, 5) is 18.8. The van der Waals surface area contributed by atoms with Crippen LogP contribution in [0.25, 0.3) is 11.3 Å². The van der Waals surface area contributed by atoms with Crippen molar-refractivity contribution in [2.24, 2.45) is 5.92 Å². The third-order valence-electron chi connectivity index (χ3n) is 5.75. The van der Waals surface area contributed by atoms with E-state index in [1.165, 1.54) is 17.8 Å². The molecular formula is C21H24N6OS. The van der Waals surface area contributed by atoms with E-state index in [1.54, 1.807) is 40.5 Å². The molecule has 0 atom stereocenters. The van der Waals surface area contributed by atoms with Crippen LogP contribution in [0.5, 0.6) is 0 Å². The second-order valence-electron chi connectivity index (χ2n) is 8.00. The van der Waals surface area contributed by atoms with Gasteiger partial charge in [0, 0.05) is 36.5 Å². The van der Waals surface area contributed by atoms with Crippen LogP contribution in [-0.4, -0.2) is 43.0 Å². The zero-order chi connectivity index (χ0) is 19.6. The Balaban J connectivity index is 1.18. The van der Waals surface area contributed by atoms with Crippen molar-refractivity contribution in [2.45, 2.75) is 44.7 Å².